The van der Waals surface area contributed by atoms with Crippen LogP contribution in [0.2, 0.25) is 0 Å². The normalized spacial score (nSPS) is 10.6. The van der Waals surface area contributed by atoms with E-state index in [1.54, 1.807) is 19.3 Å². The van der Waals surface area contributed by atoms with Crippen molar-refractivity contribution in [1.82, 2.24) is 14.8 Å². The third kappa shape index (κ3) is 4.40. The van der Waals surface area contributed by atoms with E-state index in [1.165, 1.54) is 0 Å². The first-order valence-electron chi connectivity index (χ1n) is 5.57. The molecule has 0 radical (unpaired) electrons. The van der Waals surface area contributed by atoms with Crippen molar-refractivity contribution in [3.8, 4) is 0 Å². The second-order valence-corrected chi connectivity index (χ2v) is 4.15. The predicted octanol–water partition coefficient (Wildman–Crippen LogP) is 0.276. The van der Waals surface area contributed by atoms with Gasteiger partial charge in [0.05, 0.1) is 6.54 Å². The summed E-state index contributed by atoms with van der Waals surface area (Å²) in [5, 5.41) is 2.55. The van der Waals surface area contributed by atoms with Gasteiger partial charge in [-0.3, -0.25) is 14.5 Å². The van der Waals surface area contributed by atoms with Crippen LogP contribution in [0.1, 0.15) is 16.8 Å². The maximum atomic E-state index is 11.8. The van der Waals surface area contributed by atoms with E-state index in [9.17, 15) is 9.59 Å². The number of nitrogens with one attached hydrogen (secondary N) is 1. The van der Waals surface area contributed by atoms with Gasteiger partial charge in [-0.25, -0.2) is 0 Å². The average molecular weight is 237 g/mol. The smallest absolute Gasteiger partial charge is 0.221 e. The molecular weight excluding hydrogens is 218 g/mol. The summed E-state index contributed by atoms with van der Waals surface area (Å²) in [5.41, 5.74) is 0.708. The minimum Gasteiger partial charge on any atom is -0.359 e. The number of carbonyl (C=O) groups excluding carboxylic acids is 2. The molecule has 0 aromatic carbocycles. The molecule has 0 atom stereocenters. The van der Waals surface area contributed by atoms with Gasteiger partial charge in [-0.05, 0) is 13.1 Å². The van der Waals surface area contributed by atoms with Crippen molar-refractivity contribution in [1.29, 1.82) is 0 Å². The van der Waals surface area contributed by atoms with E-state index in [-0.39, 0.29) is 11.7 Å². The summed E-state index contributed by atoms with van der Waals surface area (Å²) in [7, 11) is 5.33. The Labute approximate surface area is 101 Å². The van der Waals surface area contributed by atoms with Crippen LogP contribution in [0.4, 0.5) is 0 Å². The molecule has 0 fully saturated rings. The van der Waals surface area contributed by atoms with E-state index in [1.807, 2.05) is 29.8 Å². The van der Waals surface area contributed by atoms with E-state index in [4.69, 9.17) is 0 Å². The zero-order chi connectivity index (χ0) is 12.8. The number of ketones is 1. The van der Waals surface area contributed by atoms with Crippen LogP contribution in [-0.2, 0) is 11.8 Å². The minimum atomic E-state index is -0.0102. The lowest BCUT2D eigenvalue weighted by Gasteiger charge is -2.14. The number of likely N-dealkylation sites (N-methyl/N-ethyl adjacent to an activating group) is 1. The quantitative estimate of drug-likeness (QED) is 0.723. The molecule has 0 saturated carbocycles. The van der Waals surface area contributed by atoms with Crippen molar-refractivity contribution in [2.24, 2.45) is 7.05 Å². The summed E-state index contributed by atoms with van der Waals surface area (Å²) in [6.45, 7) is 0.916. The molecule has 5 heteroatoms. The highest BCUT2D eigenvalue weighted by Gasteiger charge is 2.11. The second kappa shape index (κ2) is 6.20. The Kier molecular flexibility index (Phi) is 4.90. The van der Waals surface area contributed by atoms with Crippen LogP contribution in [-0.4, -0.2) is 48.3 Å². The van der Waals surface area contributed by atoms with Gasteiger partial charge in [0, 0.05) is 45.0 Å². The SMILES string of the molecule is CNC(=O)CCN(C)CC(=O)c1ccn(C)c1. The summed E-state index contributed by atoms with van der Waals surface area (Å²) in [5.74, 6) is 0.0639. The lowest BCUT2D eigenvalue weighted by Crippen LogP contribution is -2.30. The van der Waals surface area contributed by atoms with Gasteiger partial charge in [0.2, 0.25) is 5.91 Å². The topological polar surface area (TPSA) is 54.3 Å². The highest BCUT2D eigenvalue weighted by Crippen LogP contribution is 2.02. The first-order valence-corrected chi connectivity index (χ1v) is 5.57. The molecule has 0 unspecified atom stereocenters. The number of aromatic nitrogens is 1. The second-order valence-electron chi connectivity index (χ2n) is 4.15. The van der Waals surface area contributed by atoms with Gasteiger partial charge in [-0.1, -0.05) is 0 Å². The van der Waals surface area contributed by atoms with Crippen LogP contribution in [0.15, 0.2) is 18.5 Å². The third-order valence-corrected chi connectivity index (χ3v) is 2.57. The zero-order valence-corrected chi connectivity index (χ0v) is 10.6. The van der Waals surface area contributed by atoms with E-state index >= 15 is 0 Å². The van der Waals surface area contributed by atoms with Crippen molar-refractivity contribution >= 4 is 11.7 Å². The molecule has 1 rings (SSSR count). The molecule has 1 amide bonds. The molecule has 94 valence electrons. The number of Topliss-reactive ketones (excluding diaryl/α,β-unsaturated/α-hetero) is 1. The van der Waals surface area contributed by atoms with Crippen molar-refractivity contribution < 1.29 is 9.59 Å². The van der Waals surface area contributed by atoms with E-state index in [0.29, 0.717) is 25.1 Å². The number of hydrogen-bond donors (Lipinski definition) is 1. The molecule has 1 aromatic rings. The molecule has 17 heavy (non-hydrogen) atoms. The third-order valence-electron chi connectivity index (χ3n) is 2.57. The summed E-state index contributed by atoms with van der Waals surface area (Å²) >= 11 is 0. The fraction of sp³-hybridized carbons (Fsp3) is 0.500. The van der Waals surface area contributed by atoms with Gasteiger partial charge >= 0.3 is 0 Å². The van der Waals surface area contributed by atoms with Crippen LogP contribution in [0.3, 0.4) is 0 Å². The van der Waals surface area contributed by atoms with Crippen molar-refractivity contribution in [2.75, 3.05) is 27.2 Å². The molecule has 0 saturated heterocycles. The van der Waals surface area contributed by atoms with Gasteiger partial charge in [-0.15, -0.1) is 0 Å². The van der Waals surface area contributed by atoms with Crippen LogP contribution in [0.25, 0.3) is 0 Å². The van der Waals surface area contributed by atoms with Gasteiger partial charge in [0.15, 0.2) is 5.78 Å². The van der Waals surface area contributed by atoms with E-state index in [2.05, 4.69) is 5.32 Å². The number of rotatable bonds is 6. The van der Waals surface area contributed by atoms with Crippen LogP contribution in [0, 0.1) is 0 Å². The molecule has 0 aliphatic rings. The summed E-state index contributed by atoms with van der Waals surface area (Å²) in [6, 6.07) is 1.80. The van der Waals surface area contributed by atoms with E-state index < -0.39 is 0 Å². The van der Waals surface area contributed by atoms with E-state index in [0.717, 1.165) is 0 Å². The molecule has 0 aliphatic heterocycles. The zero-order valence-electron chi connectivity index (χ0n) is 10.6. The number of aryl methyl sites for hydroxylation is 1. The Bertz CT molecular complexity index is 398. The standard InChI is InChI=1S/C12H19N3O2/c1-13-12(17)5-7-15(3)9-11(16)10-4-6-14(2)8-10/h4,6,8H,5,7,9H2,1-3H3,(H,13,17). The molecular formula is C12H19N3O2. The number of hydrogen-bond acceptors (Lipinski definition) is 3. The minimum absolute atomic E-state index is 0.0102. The maximum Gasteiger partial charge on any atom is 0.221 e. The fourth-order valence-corrected chi connectivity index (χ4v) is 1.50. The number of carbonyl (C=O) groups is 2. The summed E-state index contributed by atoms with van der Waals surface area (Å²) in [4.78, 5) is 24.7. The van der Waals surface area contributed by atoms with Crippen molar-refractivity contribution in [2.45, 2.75) is 6.42 Å². The summed E-state index contributed by atoms with van der Waals surface area (Å²) < 4.78 is 1.85. The Morgan fingerprint density at radius 3 is 2.71 bits per heavy atom. The van der Waals surface area contributed by atoms with Crippen LogP contribution in [0.5, 0.6) is 0 Å². The molecule has 1 aromatic heterocycles. The molecule has 1 N–H and O–H groups in total. The highest BCUT2D eigenvalue weighted by atomic mass is 16.1. The van der Waals surface area contributed by atoms with Crippen LogP contribution < -0.4 is 5.32 Å². The lowest BCUT2D eigenvalue weighted by atomic mass is 10.2. The monoisotopic (exact) mass is 237 g/mol. The molecule has 0 spiro atoms. The van der Waals surface area contributed by atoms with Gasteiger partial charge in [-0.2, -0.15) is 0 Å². The molecule has 1 heterocycles. The Balaban J connectivity index is 2.38. The first-order chi connectivity index (χ1) is 8.02. The molecule has 5 nitrogen and oxygen atoms in total. The molecule has 0 bridgehead atoms. The Morgan fingerprint density at radius 1 is 1.47 bits per heavy atom. The first kappa shape index (κ1) is 13.4. The van der Waals surface area contributed by atoms with Crippen molar-refractivity contribution in [3.63, 3.8) is 0 Å². The Hall–Kier alpha value is -1.62. The highest BCUT2D eigenvalue weighted by molar-refractivity contribution is 5.97. The van der Waals surface area contributed by atoms with Gasteiger partial charge in [0.1, 0.15) is 0 Å². The predicted molar refractivity (Wildman–Crippen MR) is 65.9 cm³/mol. The maximum absolute atomic E-state index is 11.8. The lowest BCUT2D eigenvalue weighted by molar-refractivity contribution is -0.120. The largest absolute Gasteiger partial charge is 0.359 e. The van der Waals surface area contributed by atoms with Crippen LogP contribution >= 0.6 is 0 Å². The average Bonchev–Trinajstić information content (AvgIpc) is 2.72. The van der Waals surface area contributed by atoms with Gasteiger partial charge in [0.25, 0.3) is 0 Å². The Morgan fingerprint density at radius 2 is 2.18 bits per heavy atom. The van der Waals surface area contributed by atoms with Gasteiger partial charge < -0.3 is 9.88 Å². The fourth-order valence-electron chi connectivity index (χ4n) is 1.50. The van der Waals surface area contributed by atoms with Crippen molar-refractivity contribution in [3.05, 3.63) is 24.0 Å². The number of nitrogens with zero attached hydrogens (tertiary/aromatic N) is 2. The summed E-state index contributed by atoms with van der Waals surface area (Å²) in [6.07, 6.45) is 4.06. The number of amides is 1. The molecule has 0 aliphatic carbocycles.